The lowest BCUT2D eigenvalue weighted by molar-refractivity contribution is 0.117. The van der Waals surface area contributed by atoms with E-state index in [1.54, 1.807) is 14.2 Å². The molecule has 1 fully saturated rings. The first-order chi connectivity index (χ1) is 11.8. The van der Waals surface area contributed by atoms with Gasteiger partial charge >= 0.3 is 0 Å². The molecule has 24 heavy (non-hydrogen) atoms. The maximum absolute atomic E-state index is 5.33. The predicted molar refractivity (Wildman–Crippen MR) is 102 cm³/mol. The average Bonchev–Trinajstić information content (AvgIpc) is 2.63. The highest BCUT2D eigenvalue weighted by Crippen LogP contribution is 2.38. The van der Waals surface area contributed by atoms with Gasteiger partial charge in [-0.3, -0.25) is 0 Å². The van der Waals surface area contributed by atoms with Gasteiger partial charge in [0.05, 0.1) is 13.2 Å². The Morgan fingerprint density at radius 3 is 2.08 bits per heavy atom. The standard InChI is InChI=1S/C22H36O2/c1-4-5-6-7-18-8-10-19(11-9-18)20-12-14-21(15-13-20)22(16-23-2)17-24-3/h12-15,18-19,22H,4-11,16-17H2,1-3H3. The highest BCUT2D eigenvalue weighted by Gasteiger charge is 2.22. The molecule has 2 heteroatoms. The van der Waals surface area contributed by atoms with Crippen molar-refractivity contribution in [1.82, 2.24) is 0 Å². The topological polar surface area (TPSA) is 18.5 Å². The Kier molecular flexibility index (Phi) is 8.83. The summed E-state index contributed by atoms with van der Waals surface area (Å²) in [7, 11) is 3.52. The van der Waals surface area contributed by atoms with E-state index in [9.17, 15) is 0 Å². The highest BCUT2D eigenvalue weighted by molar-refractivity contribution is 5.28. The molecule has 0 saturated heterocycles. The fourth-order valence-electron chi connectivity index (χ4n) is 4.15. The van der Waals surface area contributed by atoms with Gasteiger partial charge in [-0.05, 0) is 48.6 Å². The lowest BCUT2D eigenvalue weighted by Gasteiger charge is -2.29. The summed E-state index contributed by atoms with van der Waals surface area (Å²) in [4.78, 5) is 0. The molecule has 2 rings (SSSR count). The van der Waals surface area contributed by atoms with Crippen molar-refractivity contribution in [2.75, 3.05) is 27.4 Å². The summed E-state index contributed by atoms with van der Waals surface area (Å²) < 4.78 is 10.7. The second-order valence-corrected chi connectivity index (χ2v) is 7.49. The van der Waals surface area contributed by atoms with E-state index < -0.39 is 0 Å². The summed E-state index contributed by atoms with van der Waals surface area (Å²) in [6.45, 7) is 3.73. The first-order valence-corrected chi connectivity index (χ1v) is 9.86. The van der Waals surface area contributed by atoms with Gasteiger partial charge < -0.3 is 9.47 Å². The van der Waals surface area contributed by atoms with Crippen LogP contribution < -0.4 is 0 Å². The van der Waals surface area contributed by atoms with Crippen LogP contribution >= 0.6 is 0 Å². The molecule has 1 aromatic rings. The number of methoxy groups -OCH3 is 2. The van der Waals surface area contributed by atoms with Crippen molar-refractivity contribution in [3.63, 3.8) is 0 Å². The monoisotopic (exact) mass is 332 g/mol. The van der Waals surface area contributed by atoms with Crippen LogP contribution in [0.4, 0.5) is 0 Å². The third-order valence-electron chi connectivity index (χ3n) is 5.68. The minimum absolute atomic E-state index is 0.336. The minimum atomic E-state index is 0.336. The van der Waals surface area contributed by atoms with Crippen molar-refractivity contribution >= 4 is 0 Å². The van der Waals surface area contributed by atoms with Crippen LogP contribution in [0.1, 0.15) is 81.3 Å². The van der Waals surface area contributed by atoms with E-state index in [-0.39, 0.29) is 0 Å². The largest absolute Gasteiger partial charge is 0.384 e. The van der Waals surface area contributed by atoms with Crippen LogP contribution in [-0.4, -0.2) is 27.4 Å². The molecule has 0 atom stereocenters. The van der Waals surface area contributed by atoms with Gasteiger partial charge in [-0.2, -0.15) is 0 Å². The van der Waals surface area contributed by atoms with Crippen molar-refractivity contribution in [2.45, 2.75) is 70.1 Å². The molecule has 136 valence electrons. The molecule has 0 heterocycles. The molecule has 0 radical (unpaired) electrons. The SMILES string of the molecule is CCCCCC1CCC(c2ccc(C(COC)COC)cc2)CC1. The first kappa shape index (κ1) is 19.5. The number of hydrogen-bond donors (Lipinski definition) is 0. The smallest absolute Gasteiger partial charge is 0.0553 e. The number of ether oxygens (including phenoxy) is 2. The molecule has 0 bridgehead atoms. The third kappa shape index (κ3) is 5.89. The van der Waals surface area contributed by atoms with Crippen LogP contribution in [0.5, 0.6) is 0 Å². The molecule has 1 aliphatic carbocycles. The van der Waals surface area contributed by atoms with Crippen LogP contribution in [0, 0.1) is 5.92 Å². The van der Waals surface area contributed by atoms with E-state index in [1.807, 2.05) is 0 Å². The zero-order valence-electron chi connectivity index (χ0n) is 15.9. The van der Waals surface area contributed by atoms with Gasteiger partial charge in [0.25, 0.3) is 0 Å². The summed E-state index contributed by atoms with van der Waals surface area (Å²) in [5.41, 5.74) is 2.86. The van der Waals surface area contributed by atoms with Crippen molar-refractivity contribution in [2.24, 2.45) is 5.92 Å². The molecule has 2 nitrogen and oxygen atoms in total. The maximum atomic E-state index is 5.33. The van der Waals surface area contributed by atoms with Gasteiger partial charge in [0, 0.05) is 20.1 Å². The second kappa shape index (κ2) is 10.9. The fourth-order valence-corrected chi connectivity index (χ4v) is 4.15. The normalized spacial score (nSPS) is 21.3. The molecule has 1 aliphatic rings. The van der Waals surface area contributed by atoms with Gasteiger partial charge in [0.15, 0.2) is 0 Å². The Morgan fingerprint density at radius 2 is 1.54 bits per heavy atom. The molecule has 0 aliphatic heterocycles. The van der Waals surface area contributed by atoms with Crippen molar-refractivity contribution in [3.8, 4) is 0 Å². The van der Waals surface area contributed by atoms with E-state index in [1.165, 1.54) is 62.5 Å². The Morgan fingerprint density at radius 1 is 0.917 bits per heavy atom. The maximum Gasteiger partial charge on any atom is 0.0553 e. The summed E-state index contributed by atoms with van der Waals surface area (Å²) in [6, 6.07) is 9.25. The van der Waals surface area contributed by atoms with Gasteiger partial charge in [0.2, 0.25) is 0 Å². The Hall–Kier alpha value is -0.860. The molecule has 1 saturated carbocycles. The molecule has 0 aromatic heterocycles. The number of unbranched alkanes of at least 4 members (excludes halogenated alkanes) is 2. The first-order valence-electron chi connectivity index (χ1n) is 9.86. The second-order valence-electron chi connectivity index (χ2n) is 7.49. The predicted octanol–water partition coefficient (Wildman–Crippen LogP) is 5.92. The van der Waals surface area contributed by atoms with Crippen LogP contribution in [0.15, 0.2) is 24.3 Å². The van der Waals surface area contributed by atoms with Crippen molar-refractivity contribution in [1.29, 1.82) is 0 Å². The van der Waals surface area contributed by atoms with Crippen molar-refractivity contribution < 1.29 is 9.47 Å². The number of rotatable bonds is 10. The summed E-state index contributed by atoms with van der Waals surface area (Å²) >= 11 is 0. The van der Waals surface area contributed by atoms with E-state index in [0.717, 1.165) is 25.0 Å². The third-order valence-corrected chi connectivity index (χ3v) is 5.68. The molecule has 0 N–H and O–H groups in total. The lowest BCUT2D eigenvalue weighted by atomic mass is 9.77. The zero-order valence-corrected chi connectivity index (χ0v) is 15.9. The number of hydrogen-bond acceptors (Lipinski definition) is 2. The van der Waals surface area contributed by atoms with E-state index in [2.05, 4.69) is 31.2 Å². The average molecular weight is 333 g/mol. The Balaban J connectivity index is 1.85. The van der Waals surface area contributed by atoms with E-state index in [4.69, 9.17) is 9.47 Å². The van der Waals surface area contributed by atoms with Gasteiger partial charge in [0.1, 0.15) is 0 Å². The van der Waals surface area contributed by atoms with Gasteiger partial charge in [-0.15, -0.1) is 0 Å². The molecule has 0 amide bonds. The molecule has 0 spiro atoms. The van der Waals surface area contributed by atoms with Gasteiger partial charge in [-0.25, -0.2) is 0 Å². The van der Waals surface area contributed by atoms with Crippen LogP contribution in [-0.2, 0) is 9.47 Å². The summed E-state index contributed by atoms with van der Waals surface area (Å²) in [5.74, 6) is 2.09. The quantitative estimate of drug-likeness (QED) is 0.495. The van der Waals surface area contributed by atoms with Crippen LogP contribution in [0.2, 0.25) is 0 Å². The highest BCUT2D eigenvalue weighted by atomic mass is 16.5. The molecule has 0 unspecified atom stereocenters. The van der Waals surface area contributed by atoms with E-state index >= 15 is 0 Å². The van der Waals surface area contributed by atoms with E-state index in [0.29, 0.717) is 5.92 Å². The minimum Gasteiger partial charge on any atom is -0.384 e. The summed E-state index contributed by atoms with van der Waals surface area (Å²) in [6.07, 6.45) is 11.2. The Bertz CT molecular complexity index is 426. The molecule has 1 aromatic carbocycles. The number of benzene rings is 1. The zero-order chi connectivity index (χ0) is 17.2. The van der Waals surface area contributed by atoms with Crippen LogP contribution in [0.3, 0.4) is 0 Å². The molecular weight excluding hydrogens is 296 g/mol. The fraction of sp³-hybridized carbons (Fsp3) is 0.727. The van der Waals surface area contributed by atoms with Crippen molar-refractivity contribution in [3.05, 3.63) is 35.4 Å². The van der Waals surface area contributed by atoms with Gasteiger partial charge in [-0.1, -0.05) is 56.9 Å². The lowest BCUT2D eigenvalue weighted by Crippen LogP contribution is -2.14. The Labute approximate surface area is 148 Å². The molecular formula is C22H36O2. The van der Waals surface area contributed by atoms with Crippen LogP contribution in [0.25, 0.3) is 0 Å². The summed E-state index contributed by atoms with van der Waals surface area (Å²) in [5, 5.41) is 0.